The minimum Gasteiger partial charge on any atom is -0.507 e. The molecule has 1 atom stereocenters. The minimum absolute atomic E-state index is 0.117. The van der Waals surface area contributed by atoms with Crippen molar-refractivity contribution in [2.75, 3.05) is 4.90 Å². The van der Waals surface area contributed by atoms with Crippen LogP contribution in [0.1, 0.15) is 27.6 Å². The van der Waals surface area contributed by atoms with Crippen molar-refractivity contribution < 1.29 is 14.7 Å². The summed E-state index contributed by atoms with van der Waals surface area (Å²) in [5.41, 5.74) is 3.15. The molecule has 29 heavy (non-hydrogen) atoms. The van der Waals surface area contributed by atoms with Gasteiger partial charge in [-0.05, 0) is 60.7 Å². The smallest absolute Gasteiger partial charge is 0.300 e. The largest absolute Gasteiger partial charge is 0.507 e. The predicted octanol–water partition coefficient (Wildman–Crippen LogP) is 5.75. The van der Waals surface area contributed by atoms with Gasteiger partial charge in [0, 0.05) is 20.6 Å². The van der Waals surface area contributed by atoms with E-state index >= 15 is 0 Å². The van der Waals surface area contributed by atoms with E-state index in [1.807, 2.05) is 49.6 Å². The highest BCUT2D eigenvalue weighted by Gasteiger charge is 2.47. The van der Waals surface area contributed by atoms with Gasteiger partial charge in [0.1, 0.15) is 11.8 Å². The van der Waals surface area contributed by atoms with Crippen LogP contribution in [0.3, 0.4) is 0 Å². The van der Waals surface area contributed by atoms with Crippen LogP contribution in [-0.4, -0.2) is 16.8 Å². The number of thiophene rings is 1. The lowest BCUT2D eigenvalue weighted by Crippen LogP contribution is -2.29. The lowest BCUT2D eigenvalue weighted by atomic mass is 9.97. The quantitative estimate of drug-likeness (QED) is 0.302. The van der Waals surface area contributed by atoms with Gasteiger partial charge in [0.15, 0.2) is 0 Å². The van der Waals surface area contributed by atoms with Crippen LogP contribution in [0.15, 0.2) is 70.0 Å². The highest BCUT2D eigenvalue weighted by molar-refractivity contribution is 9.10. The number of Topliss-reactive ketones (excluding diaryl/α,β-unsaturated/α-hetero) is 1. The van der Waals surface area contributed by atoms with Gasteiger partial charge in [-0.3, -0.25) is 14.5 Å². The van der Waals surface area contributed by atoms with E-state index in [4.69, 9.17) is 0 Å². The maximum Gasteiger partial charge on any atom is 0.300 e. The molecule has 1 aromatic heterocycles. The molecule has 0 saturated carbocycles. The first-order chi connectivity index (χ1) is 13.9. The molecular formula is C23H18BrNO3S. The molecule has 0 bridgehead atoms. The molecule has 4 nitrogen and oxygen atoms in total. The summed E-state index contributed by atoms with van der Waals surface area (Å²) in [5, 5.41) is 13.0. The average Bonchev–Trinajstić information content (AvgIpc) is 3.25. The molecule has 3 aromatic rings. The number of aliphatic hydroxyl groups excluding tert-OH is 1. The first-order valence-electron chi connectivity index (χ1n) is 9.06. The summed E-state index contributed by atoms with van der Waals surface area (Å²) in [6, 6.07) is 15.7. The van der Waals surface area contributed by atoms with E-state index in [-0.39, 0.29) is 11.3 Å². The number of halogens is 1. The van der Waals surface area contributed by atoms with Gasteiger partial charge in [-0.1, -0.05) is 40.2 Å². The van der Waals surface area contributed by atoms with Crippen molar-refractivity contribution in [1.82, 2.24) is 0 Å². The number of hydrogen-bond donors (Lipinski definition) is 1. The molecule has 1 N–H and O–H groups in total. The van der Waals surface area contributed by atoms with E-state index in [1.165, 1.54) is 16.2 Å². The number of carbonyl (C=O) groups excluding carboxylic acids is 2. The molecule has 1 aliphatic heterocycles. The Labute approximate surface area is 181 Å². The number of carbonyl (C=O) groups is 2. The SMILES string of the molecule is Cc1cc(/C(O)=C2/C(=O)C(=O)N(c3ccccc3)C2c2sccc2C)ccc1Br. The average molecular weight is 468 g/mol. The van der Waals surface area contributed by atoms with E-state index < -0.39 is 17.7 Å². The van der Waals surface area contributed by atoms with Gasteiger partial charge in [0.05, 0.1) is 5.57 Å². The summed E-state index contributed by atoms with van der Waals surface area (Å²) in [6.07, 6.45) is 0. The molecule has 1 unspecified atom stereocenters. The second kappa shape index (κ2) is 7.61. The van der Waals surface area contributed by atoms with Gasteiger partial charge in [-0.2, -0.15) is 0 Å². The van der Waals surface area contributed by atoms with Crippen molar-refractivity contribution in [1.29, 1.82) is 0 Å². The lowest BCUT2D eigenvalue weighted by Gasteiger charge is -2.25. The highest BCUT2D eigenvalue weighted by Crippen LogP contribution is 2.44. The number of anilines is 1. The predicted molar refractivity (Wildman–Crippen MR) is 119 cm³/mol. The van der Waals surface area contributed by atoms with Crippen molar-refractivity contribution in [3.63, 3.8) is 0 Å². The van der Waals surface area contributed by atoms with Crippen LogP contribution < -0.4 is 4.90 Å². The second-order valence-electron chi connectivity index (χ2n) is 6.94. The summed E-state index contributed by atoms with van der Waals surface area (Å²) in [4.78, 5) is 28.4. The maximum atomic E-state index is 13.1. The molecule has 0 spiro atoms. The van der Waals surface area contributed by atoms with Crippen LogP contribution >= 0.6 is 27.3 Å². The molecule has 0 aliphatic carbocycles. The Morgan fingerprint density at radius 3 is 2.38 bits per heavy atom. The fraction of sp³-hybridized carbons (Fsp3) is 0.130. The van der Waals surface area contributed by atoms with Gasteiger partial charge in [0.25, 0.3) is 11.7 Å². The fourth-order valence-corrected chi connectivity index (χ4v) is 4.82. The molecule has 1 amide bonds. The van der Waals surface area contributed by atoms with Crippen molar-refractivity contribution >= 4 is 50.4 Å². The Morgan fingerprint density at radius 1 is 1.03 bits per heavy atom. The minimum atomic E-state index is -0.676. The molecule has 1 fully saturated rings. The molecule has 6 heteroatoms. The Bertz CT molecular complexity index is 1150. The van der Waals surface area contributed by atoms with E-state index in [9.17, 15) is 14.7 Å². The van der Waals surface area contributed by atoms with Crippen LogP contribution in [0.4, 0.5) is 5.69 Å². The molecule has 1 aliphatic rings. The number of hydrogen-bond acceptors (Lipinski definition) is 4. The van der Waals surface area contributed by atoms with Crippen LogP contribution in [0.2, 0.25) is 0 Å². The number of rotatable bonds is 3. The monoisotopic (exact) mass is 467 g/mol. The third-order valence-corrected chi connectivity index (χ3v) is 7.02. The summed E-state index contributed by atoms with van der Waals surface area (Å²) in [6.45, 7) is 3.85. The van der Waals surface area contributed by atoms with E-state index in [0.717, 1.165) is 20.5 Å². The van der Waals surface area contributed by atoms with Gasteiger partial charge < -0.3 is 5.11 Å². The number of aliphatic hydroxyl groups is 1. The van der Waals surface area contributed by atoms with E-state index in [2.05, 4.69) is 15.9 Å². The molecular weight excluding hydrogens is 450 g/mol. The first-order valence-corrected chi connectivity index (χ1v) is 10.7. The fourth-order valence-electron chi connectivity index (χ4n) is 3.55. The number of aryl methyl sites for hydroxylation is 2. The lowest BCUT2D eigenvalue weighted by molar-refractivity contribution is -0.132. The van der Waals surface area contributed by atoms with Gasteiger partial charge in [-0.15, -0.1) is 11.3 Å². The normalized spacial score (nSPS) is 18.4. The van der Waals surface area contributed by atoms with Gasteiger partial charge >= 0.3 is 0 Å². The molecule has 4 rings (SSSR count). The Hall–Kier alpha value is -2.70. The van der Waals surface area contributed by atoms with E-state index in [0.29, 0.717) is 11.3 Å². The molecule has 0 radical (unpaired) electrons. The zero-order chi connectivity index (χ0) is 20.7. The number of ketones is 1. The third-order valence-electron chi connectivity index (χ3n) is 5.06. The van der Waals surface area contributed by atoms with E-state index in [1.54, 1.807) is 24.3 Å². The van der Waals surface area contributed by atoms with Crippen LogP contribution in [0.25, 0.3) is 5.76 Å². The summed E-state index contributed by atoms with van der Waals surface area (Å²) >= 11 is 4.92. The van der Waals surface area contributed by atoms with Crippen LogP contribution in [0.5, 0.6) is 0 Å². The number of nitrogens with zero attached hydrogens (tertiary/aromatic N) is 1. The maximum absolute atomic E-state index is 13.1. The van der Waals surface area contributed by atoms with Crippen molar-refractivity contribution in [3.05, 3.63) is 91.6 Å². The summed E-state index contributed by atoms with van der Waals surface area (Å²) in [5.74, 6) is -1.47. The van der Waals surface area contributed by atoms with Crippen LogP contribution in [-0.2, 0) is 9.59 Å². The first kappa shape index (κ1) is 19.6. The van der Waals surface area contributed by atoms with Gasteiger partial charge in [0.2, 0.25) is 0 Å². The third kappa shape index (κ3) is 3.32. The van der Waals surface area contributed by atoms with Crippen molar-refractivity contribution in [2.24, 2.45) is 0 Å². The van der Waals surface area contributed by atoms with Crippen molar-refractivity contribution in [3.8, 4) is 0 Å². The zero-order valence-corrected chi connectivity index (χ0v) is 18.3. The highest BCUT2D eigenvalue weighted by atomic mass is 79.9. The summed E-state index contributed by atoms with van der Waals surface area (Å²) < 4.78 is 0.907. The standard InChI is InChI=1S/C23H18BrNO3S/c1-13-10-11-29-22(13)19-18(20(26)15-8-9-17(24)14(2)12-15)21(27)23(28)25(19)16-6-4-3-5-7-16/h3-12,19,26H,1-2H3/b20-18-. The number of amides is 1. The zero-order valence-electron chi connectivity index (χ0n) is 15.8. The van der Waals surface area contributed by atoms with Gasteiger partial charge in [-0.25, -0.2) is 0 Å². The van der Waals surface area contributed by atoms with Crippen molar-refractivity contribution in [2.45, 2.75) is 19.9 Å². The number of para-hydroxylation sites is 1. The Morgan fingerprint density at radius 2 is 1.76 bits per heavy atom. The van der Waals surface area contributed by atoms with Crippen LogP contribution in [0, 0.1) is 13.8 Å². The Kier molecular flexibility index (Phi) is 5.15. The Balaban J connectivity index is 1.96. The topological polar surface area (TPSA) is 57.6 Å². The second-order valence-corrected chi connectivity index (χ2v) is 8.74. The molecule has 2 aromatic carbocycles. The molecule has 146 valence electrons. The number of benzene rings is 2. The molecule has 2 heterocycles. The summed E-state index contributed by atoms with van der Waals surface area (Å²) in [7, 11) is 0. The molecule has 1 saturated heterocycles.